The topological polar surface area (TPSA) is 73.4 Å². The Bertz CT molecular complexity index is 807. The highest BCUT2D eigenvalue weighted by atomic mass is 35.5. The van der Waals surface area contributed by atoms with Gasteiger partial charge in [-0.1, -0.05) is 23.2 Å². The first-order chi connectivity index (χ1) is 12.5. The van der Waals surface area contributed by atoms with E-state index >= 15 is 0 Å². The number of carbonyl (C=O) groups excluding carboxylic acids is 1. The van der Waals surface area contributed by atoms with Crippen molar-refractivity contribution in [2.45, 2.75) is 32.1 Å². The third-order valence-electron chi connectivity index (χ3n) is 4.63. The van der Waals surface area contributed by atoms with Crippen molar-refractivity contribution in [1.82, 2.24) is 10.2 Å². The van der Waals surface area contributed by atoms with E-state index in [9.17, 15) is 4.79 Å². The SMILES string of the molecule is CCOC(=O)c1n[nH]c2c1CCC(c1c(Cl)c(OC)cc(OC)c1Cl)C2. The van der Waals surface area contributed by atoms with Gasteiger partial charge in [0.2, 0.25) is 0 Å². The zero-order valence-corrected chi connectivity index (χ0v) is 16.3. The smallest absolute Gasteiger partial charge is 0.359 e. The fraction of sp³-hybridized carbons (Fsp3) is 0.444. The molecule has 0 aliphatic heterocycles. The van der Waals surface area contributed by atoms with Gasteiger partial charge in [-0.25, -0.2) is 4.79 Å². The molecule has 1 aromatic carbocycles. The number of halogens is 2. The Balaban J connectivity index is 1.96. The minimum absolute atomic E-state index is 0.0574. The number of hydrogen-bond donors (Lipinski definition) is 1. The van der Waals surface area contributed by atoms with Gasteiger partial charge in [-0.15, -0.1) is 0 Å². The van der Waals surface area contributed by atoms with Crippen molar-refractivity contribution in [1.29, 1.82) is 0 Å². The van der Waals surface area contributed by atoms with E-state index in [1.54, 1.807) is 27.2 Å². The van der Waals surface area contributed by atoms with Gasteiger partial charge in [-0.3, -0.25) is 5.10 Å². The summed E-state index contributed by atoms with van der Waals surface area (Å²) in [4.78, 5) is 12.0. The monoisotopic (exact) mass is 398 g/mol. The lowest BCUT2D eigenvalue weighted by Gasteiger charge is -2.25. The second-order valence-corrected chi connectivity index (χ2v) is 6.77. The summed E-state index contributed by atoms with van der Waals surface area (Å²) in [6, 6.07) is 1.68. The summed E-state index contributed by atoms with van der Waals surface area (Å²) in [5.74, 6) is 0.695. The number of nitrogens with zero attached hydrogens (tertiary/aromatic N) is 1. The maximum Gasteiger partial charge on any atom is 0.359 e. The Morgan fingerprint density at radius 2 is 1.92 bits per heavy atom. The minimum Gasteiger partial charge on any atom is -0.495 e. The van der Waals surface area contributed by atoms with E-state index in [-0.39, 0.29) is 5.92 Å². The van der Waals surface area contributed by atoms with Crippen LogP contribution in [0.1, 0.15) is 46.6 Å². The van der Waals surface area contributed by atoms with Gasteiger partial charge in [0, 0.05) is 22.9 Å². The molecular formula is C18H20Cl2N2O4. The Kier molecular flexibility index (Phi) is 5.63. The van der Waals surface area contributed by atoms with Gasteiger partial charge in [0.1, 0.15) is 11.5 Å². The zero-order chi connectivity index (χ0) is 18.8. The van der Waals surface area contributed by atoms with E-state index in [0.717, 1.165) is 23.2 Å². The predicted octanol–water partition coefficient (Wildman–Crippen LogP) is 4.18. The summed E-state index contributed by atoms with van der Waals surface area (Å²) in [6.07, 6.45) is 2.09. The third kappa shape index (κ3) is 3.23. The van der Waals surface area contributed by atoms with Crippen molar-refractivity contribution < 1.29 is 19.0 Å². The van der Waals surface area contributed by atoms with Crippen LogP contribution in [0.4, 0.5) is 0 Å². The molecule has 0 radical (unpaired) electrons. The van der Waals surface area contributed by atoms with Crippen LogP contribution in [0.25, 0.3) is 0 Å². The molecule has 2 aromatic rings. The molecule has 0 fully saturated rings. The van der Waals surface area contributed by atoms with Crippen LogP contribution in [0.3, 0.4) is 0 Å². The Hall–Kier alpha value is -1.92. The summed E-state index contributed by atoms with van der Waals surface area (Å²) < 4.78 is 15.8. The van der Waals surface area contributed by atoms with Crippen molar-refractivity contribution in [3.63, 3.8) is 0 Å². The Morgan fingerprint density at radius 3 is 2.50 bits per heavy atom. The molecule has 3 rings (SSSR count). The van der Waals surface area contributed by atoms with Crippen LogP contribution in [-0.4, -0.2) is 37.0 Å². The van der Waals surface area contributed by atoms with Gasteiger partial charge in [0.05, 0.1) is 30.9 Å². The molecule has 1 N–H and O–H groups in total. The van der Waals surface area contributed by atoms with E-state index in [4.69, 9.17) is 37.4 Å². The first-order valence-electron chi connectivity index (χ1n) is 8.34. The molecule has 1 aliphatic carbocycles. The molecule has 26 heavy (non-hydrogen) atoms. The standard InChI is InChI=1S/C18H20Cl2N2O4/c1-4-26-18(23)17-10-6-5-9(7-11(10)21-22-17)14-15(19)12(24-2)8-13(25-3)16(14)20/h8-9H,4-7H2,1-3H3,(H,21,22). The van der Waals surface area contributed by atoms with Crippen molar-refractivity contribution in [3.8, 4) is 11.5 Å². The van der Waals surface area contributed by atoms with Gasteiger partial charge in [0.15, 0.2) is 5.69 Å². The molecule has 6 nitrogen and oxygen atoms in total. The highest BCUT2D eigenvalue weighted by Crippen LogP contribution is 2.47. The maximum atomic E-state index is 12.0. The molecule has 0 amide bonds. The molecule has 1 aromatic heterocycles. The Labute approximate surface area is 161 Å². The fourth-order valence-electron chi connectivity index (χ4n) is 3.38. The Morgan fingerprint density at radius 1 is 1.27 bits per heavy atom. The lowest BCUT2D eigenvalue weighted by Crippen LogP contribution is -2.16. The van der Waals surface area contributed by atoms with E-state index in [1.807, 2.05) is 0 Å². The molecule has 1 atom stereocenters. The van der Waals surface area contributed by atoms with E-state index in [0.29, 0.717) is 46.7 Å². The average Bonchev–Trinajstić information content (AvgIpc) is 3.06. The summed E-state index contributed by atoms with van der Waals surface area (Å²) >= 11 is 13.1. The minimum atomic E-state index is -0.400. The van der Waals surface area contributed by atoms with Crippen LogP contribution < -0.4 is 9.47 Å². The number of carbonyl (C=O) groups is 1. The molecular weight excluding hydrogens is 379 g/mol. The van der Waals surface area contributed by atoms with Crippen LogP contribution >= 0.6 is 23.2 Å². The van der Waals surface area contributed by atoms with Crippen LogP contribution in [0, 0.1) is 0 Å². The predicted molar refractivity (Wildman–Crippen MR) is 98.9 cm³/mol. The number of benzene rings is 1. The average molecular weight is 399 g/mol. The van der Waals surface area contributed by atoms with Gasteiger partial charge in [-0.2, -0.15) is 5.10 Å². The summed E-state index contributed by atoms with van der Waals surface area (Å²) in [6.45, 7) is 2.09. The van der Waals surface area contributed by atoms with Gasteiger partial charge in [-0.05, 0) is 32.1 Å². The van der Waals surface area contributed by atoms with Crippen LogP contribution in [0.5, 0.6) is 11.5 Å². The van der Waals surface area contributed by atoms with Crippen molar-refractivity contribution in [2.24, 2.45) is 0 Å². The van der Waals surface area contributed by atoms with E-state index in [2.05, 4.69) is 10.2 Å². The summed E-state index contributed by atoms with van der Waals surface area (Å²) in [5.41, 5.74) is 2.96. The first-order valence-corrected chi connectivity index (χ1v) is 9.10. The second kappa shape index (κ2) is 7.76. The number of hydrogen-bond acceptors (Lipinski definition) is 5. The second-order valence-electron chi connectivity index (χ2n) is 6.01. The van der Waals surface area contributed by atoms with Gasteiger partial charge < -0.3 is 14.2 Å². The van der Waals surface area contributed by atoms with E-state index < -0.39 is 5.97 Å². The van der Waals surface area contributed by atoms with E-state index in [1.165, 1.54) is 0 Å². The van der Waals surface area contributed by atoms with Crippen LogP contribution in [-0.2, 0) is 17.6 Å². The maximum absolute atomic E-state index is 12.0. The first kappa shape index (κ1) is 18.9. The van der Waals surface area contributed by atoms with Crippen molar-refractivity contribution in [3.05, 3.63) is 38.6 Å². The number of ether oxygens (including phenoxy) is 3. The van der Waals surface area contributed by atoms with Gasteiger partial charge in [0.25, 0.3) is 0 Å². The van der Waals surface area contributed by atoms with Crippen molar-refractivity contribution >= 4 is 29.2 Å². The number of aromatic nitrogens is 2. The summed E-state index contributed by atoms with van der Waals surface area (Å²) in [5, 5.41) is 8.07. The quantitative estimate of drug-likeness (QED) is 0.764. The van der Waals surface area contributed by atoms with Crippen LogP contribution in [0.15, 0.2) is 6.07 Å². The third-order valence-corrected chi connectivity index (χ3v) is 5.41. The normalized spacial score (nSPS) is 16.1. The lowest BCUT2D eigenvalue weighted by molar-refractivity contribution is 0.0518. The largest absolute Gasteiger partial charge is 0.495 e. The highest BCUT2D eigenvalue weighted by molar-refractivity contribution is 6.38. The number of fused-ring (bicyclic) bond motifs is 1. The number of rotatable bonds is 5. The highest BCUT2D eigenvalue weighted by Gasteiger charge is 2.31. The number of nitrogens with one attached hydrogen (secondary N) is 1. The molecule has 0 saturated heterocycles. The molecule has 140 valence electrons. The molecule has 0 spiro atoms. The molecule has 8 heteroatoms. The van der Waals surface area contributed by atoms with Gasteiger partial charge >= 0.3 is 5.97 Å². The number of esters is 1. The fourth-order valence-corrected chi connectivity index (χ4v) is 4.19. The zero-order valence-electron chi connectivity index (χ0n) is 14.8. The number of methoxy groups -OCH3 is 2. The number of H-pyrrole nitrogens is 1. The molecule has 1 heterocycles. The molecule has 0 saturated carbocycles. The number of aromatic amines is 1. The molecule has 1 aliphatic rings. The van der Waals surface area contributed by atoms with Crippen LogP contribution in [0.2, 0.25) is 10.0 Å². The summed E-state index contributed by atoms with van der Waals surface area (Å²) in [7, 11) is 3.11. The van der Waals surface area contributed by atoms with Crippen molar-refractivity contribution in [2.75, 3.05) is 20.8 Å². The lowest BCUT2D eigenvalue weighted by atomic mass is 9.82. The molecule has 1 unspecified atom stereocenters. The molecule has 0 bridgehead atoms.